The maximum absolute atomic E-state index is 12.9. The minimum Gasteiger partial charge on any atom is -0.423 e. The van der Waals surface area contributed by atoms with E-state index in [0.717, 1.165) is 19.3 Å². The average Bonchev–Trinajstić information content (AvgIpc) is 3.37. The van der Waals surface area contributed by atoms with Gasteiger partial charge >= 0.3 is 5.97 Å². The quantitative estimate of drug-likeness (QED) is 0.446. The standard InChI is InChI=1S/C22H18ClNO4/c23-15-5-3-12(4-6-15)22(27)28-17-9-7-16(8-10-17)24-20(25)18-13-1-2-14(11-13)19(18)21(24)26/h3-10,13-14,18-19H,1-2,11H2/t13-,14+,18-,19-/m0/s1. The molecule has 5 rings (SSSR count). The summed E-state index contributed by atoms with van der Waals surface area (Å²) < 4.78 is 5.36. The zero-order valence-corrected chi connectivity index (χ0v) is 15.8. The van der Waals surface area contributed by atoms with E-state index in [0.29, 0.717) is 33.9 Å². The number of anilines is 1. The number of esters is 1. The van der Waals surface area contributed by atoms with Crippen molar-refractivity contribution in [2.75, 3.05) is 4.90 Å². The number of imide groups is 1. The van der Waals surface area contributed by atoms with Gasteiger partial charge in [0, 0.05) is 5.02 Å². The van der Waals surface area contributed by atoms with Crippen LogP contribution in [0.2, 0.25) is 5.02 Å². The summed E-state index contributed by atoms with van der Waals surface area (Å²) in [6, 6.07) is 12.9. The van der Waals surface area contributed by atoms with Gasteiger partial charge in [0.05, 0.1) is 23.1 Å². The molecule has 0 unspecified atom stereocenters. The number of hydrogen-bond acceptors (Lipinski definition) is 4. The molecule has 6 heteroatoms. The summed E-state index contributed by atoms with van der Waals surface area (Å²) >= 11 is 5.82. The minimum atomic E-state index is -0.496. The Morgan fingerprint density at radius 3 is 2.04 bits per heavy atom. The monoisotopic (exact) mass is 395 g/mol. The van der Waals surface area contributed by atoms with E-state index in [4.69, 9.17) is 16.3 Å². The summed E-state index contributed by atoms with van der Waals surface area (Å²) in [6.07, 6.45) is 3.12. The third-order valence-electron chi connectivity index (χ3n) is 6.31. The highest BCUT2D eigenvalue weighted by molar-refractivity contribution is 6.30. The molecular weight excluding hydrogens is 378 g/mol. The van der Waals surface area contributed by atoms with E-state index in [-0.39, 0.29) is 23.7 Å². The fourth-order valence-electron chi connectivity index (χ4n) is 5.08. The van der Waals surface area contributed by atoms with E-state index in [1.165, 1.54) is 4.90 Å². The molecule has 2 saturated carbocycles. The Kier molecular flexibility index (Phi) is 4.02. The maximum atomic E-state index is 12.9. The first-order valence-corrected chi connectivity index (χ1v) is 9.86. The van der Waals surface area contributed by atoms with E-state index in [2.05, 4.69) is 0 Å². The van der Waals surface area contributed by atoms with Gasteiger partial charge in [-0.2, -0.15) is 0 Å². The van der Waals surface area contributed by atoms with Gasteiger partial charge < -0.3 is 4.74 Å². The van der Waals surface area contributed by atoms with Crippen LogP contribution in [-0.2, 0) is 9.59 Å². The number of carbonyl (C=O) groups is 3. The van der Waals surface area contributed by atoms with Crippen LogP contribution in [0.15, 0.2) is 48.5 Å². The van der Waals surface area contributed by atoms with Gasteiger partial charge in [-0.1, -0.05) is 11.6 Å². The summed E-state index contributed by atoms with van der Waals surface area (Å²) in [7, 11) is 0. The van der Waals surface area contributed by atoms with Crippen LogP contribution in [0.5, 0.6) is 5.75 Å². The molecule has 28 heavy (non-hydrogen) atoms. The van der Waals surface area contributed by atoms with Crippen LogP contribution in [0.1, 0.15) is 29.6 Å². The largest absolute Gasteiger partial charge is 0.423 e. The fourth-order valence-corrected chi connectivity index (χ4v) is 5.20. The second kappa shape index (κ2) is 6.45. The molecule has 2 aromatic rings. The van der Waals surface area contributed by atoms with Crippen LogP contribution in [0.3, 0.4) is 0 Å². The molecule has 1 heterocycles. The van der Waals surface area contributed by atoms with Crippen LogP contribution in [0.4, 0.5) is 5.69 Å². The van der Waals surface area contributed by atoms with Gasteiger partial charge in [0.2, 0.25) is 11.8 Å². The smallest absolute Gasteiger partial charge is 0.343 e. The van der Waals surface area contributed by atoms with Crippen molar-refractivity contribution in [2.45, 2.75) is 19.3 Å². The van der Waals surface area contributed by atoms with Crippen molar-refractivity contribution in [2.24, 2.45) is 23.7 Å². The van der Waals surface area contributed by atoms with Crippen LogP contribution >= 0.6 is 11.6 Å². The molecule has 2 aliphatic carbocycles. The van der Waals surface area contributed by atoms with E-state index in [1.54, 1.807) is 48.5 Å². The summed E-state index contributed by atoms with van der Waals surface area (Å²) in [5.74, 6) is 0.127. The van der Waals surface area contributed by atoms with Crippen LogP contribution < -0.4 is 9.64 Å². The second-order valence-electron chi connectivity index (χ2n) is 7.79. The number of amides is 2. The lowest BCUT2D eigenvalue weighted by Gasteiger charge is -2.19. The van der Waals surface area contributed by atoms with E-state index < -0.39 is 5.97 Å². The lowest BCUT2D eigenvalue weighted by molar-refractivity contribution is -0.123. The van der Waals surface area contributed by atoms with Crippen molar-refractivity contribution in [3.8, 4) is 5.75 Å². The molecule has 2 aromatic carbocycles. The van der Waals surface area contributed by atoms with Gasteiger partial charge in [0.1, 0.15) is 5.75 Å². The Labute approximate surface area is 167 Å². The first kappa shape index (κ1) is 17.4. The zero-order chi connectivity index (χ0) is 19.4. The predicted octanol–water partition coefficient (Wildman–Crippen LogP) is 4.09. The molecular formula is C22H18ClNO4. The normalized spacial score (nSPS) is 28.0. The number of carbonyl (C=O) groups excluding carboxylic acids is 3. The van der Waals surface area contributed by atoms with E-state index >= 15 is 0 Å². The average molecular weight is 396 g/mol. The number of hydrogen-bond donors (Lipinski definition) is 0. The maximum Gasteiger partial charge on any atom is 0.343 e. The molecule has 0 aromatic heterocycles. The van der Waals surface area contributed by atoms with Gasteiger partial charge in [0.25, 0.3) is 0 Å². The van der Waals surface area contributed by atoms with Crippen molar-refractivity contribution in [1.29, 1.82) is 0 Å². The Morgan fingerprint density at radius 2 is 1.46 bits per heavy atom. The molecule has 0 spiro atoms. The number of fused-ring (bicyclic) bond motifs is 5. The second-order valence-corrected chi connectivity index (χ2v) is 8.22. The topological polar surface area (TPSA) is 63.7 Å². The number of halogens is 1. The van der Waals surface area contributed by atoms with E-state index in [1.807, 2.05) is 0 Å². The number of benzene rings is 2. The Hall–Kier alpha value is -2.66. The molecule has 1 saturated heterocycles. The number of nitrogens with zero attached hydrogens (tertiary/aromatic N) is 1. The molecule has 3 aliphatic rings. The van der Waals surface area contributed by atoms with Crippen molar-refractivity contribution in [1.82, 2.24) is 0 Å². The van der Waals surface area contributed by atoms with Crippen molar-refractivity contribution in [3.05, 3.63) is 59.1 Å². The molecule has 3 fully saturated rings. The summed E-state index contributed by atoms with van der Waals surface area (Å²) in [4.78, 5) is 39.3. The van der Waals surface area contributed by atoms with Crippen LogP contribution in [-0.4, -0.2) is 17.8 Å². The first-order valence-electron chi connectivity index (χ1n) is 9.48. The minimum absolute atomic E-state index is 0.0758. The summed E-state index contributed by atoms with van der Waals surface area (Å²) in [6.45, 7) is 0. The first-order chi connectivity index (χ1) is 13.5. The number of rotatable bonds is 3. The molecule has 0 N–H and O–H groups in total. The van der Waals surface area contributed by atoms with Crippen LogP contribution in [0.25, 0.3) is 0 Å². The highest BCUT2D eigenvalue weighted by atomic mass is 35.5. The van der Waals surface area contributed by atoms with Gasteiger partial charge in [-0.05, 0) is 79.6 Å². The van der Waals surface area contributed by atoms with Crippen molar-refractivity contribution < 1.29 is 19.1 Å². The molecule has 2 bridgehead atoms. The molecule has 0 radical (unpaired) electrons. The predicted molar refractivity (Wildman–Crippen MR) is 103 cm³/mol. The zero-order valence-electron chi connectivity index (χ0n) is 15.0. The third-order valence-corrected chi connectivity index (χ3v) is 6.56. The van der Waals surface area contributed by atoms with Gasteiger partial charge in [-0.25, -0.2) is 4.79 Å². The van der Waals surface area contributed by atoms with Crippen molar-refractivity contribution in [3.63, 3.8) is 0 Å². The highest BCUT2D eigenvalue weighted by Crippen LogP contribution is 2.56. The Bertz CT molecular complexity index is 941. The van der Waals surface area contributed by atoms with Crippen LogP contribution in [0, 0.1) is 23.7 Å². The SMILES string of the molecule is O=C(Oc1ccc(N2C(=O)[C@H]3[C@@H]4CC[C@@H](C4)[C@@H]3C2=O)cc1)c1ccc(Cl)cc1. The Morgan fingerprint density at radius 1 is 0.893 bits per heavy atom. The highest BCUT2D eigenvalue weighted by Gasteiger charge is 2.61. The molecule has 1 aliphatic heterocycles. The van der Waals surface area contributed by atoms with Gasteiger partial charge in [0.15, 0.2) is 0 Å². The lowest BCUT2D eigenvalue weighted by Crippen LogP contribution is -2.32. The Balaban J connectivity index is 1.33. The summed E-state index contributed by atoms with van der Waals surface area (Å²) in [5, 5.41) is 0.541. The molecule has 5 nitrogen and oxygen atoms in total. The van der Waals surface area contributed by atoms with Crippen molar-refractivity contribution >= 4 is 35.1 Å². The third kappa shape index (κ3) is 2.65. The molecule has 4 atom stereocenters. The van der Waals surface area contributed by atoms with Gasteiger partial charge in [-0.3, -0.25) is 14.5 Å². The van der Waals surface area contributed by atoms with Gasteiger partial charge in [-0.15, -0.1) is 0 Å². The molecule has 142 valence electrons. The van der Waals surface area contributed by atoms with E-state index in [9.17, 15) is 14.4 Å². The fraction of sp³-hybridized carbons (Fsp3) is 0.318. The lowest BCUT2D eigenvalue weighted by atomic mass is 9.81. The number of ether oxygens (including phenoxy) is 1. The summed E-state index contributed by atoms with van der Waals surface area (Å²) in [5.41, 5.74) is 0.928. The molecule has 2 amide bonds.